The maximum absolute atomic E-state index is 6.32. The van der Waals surface area contributed by atoms with E-state index in [4.69, 9.17) is 15.2 Å². The van der Waals surface area contributed by atoms with Gasteiger partial charge in [0.05, 0.1) is 31.1 Å². The molecule has 0 saturated heterocycles. The highest BCUT2D eigenvalue weighted by atomic mass is 16.5. The second kappa shape index (κ2) is 5.06. The van der Waals surface area contributed by atoms with Crippen LogP contribution in [0.5, 0.6) is 5.75 Å². The molecule has 1 aliphatic carbocycles. The first kappa shape index (κ1) is 12.4. The summed E-state index contributed by atoms with van der Waals surface area (Å²) >= 11 is 0. The molecule has 0 aromatic carbocycles. The maximum Gasteiger partial charge on any atom is 0.161 e. The summed E-state index contributed by atoms with van der Waals surface area (Å²) in [5.41, 5.74) is 7.24. The first-order chi connectivity index (χ1) is 8.19. The summed E-state index contributed by atoms with van der Waals surface area (Å²) in [6, 6.07) is -0.176. The van der Waals surface area contributed by atoms with Crippen molar-refractivity contribution in [1.82, 2.24) is 9.78 Å². The zero-order valence-corrected chi connectivity index (χ0v) is 10.7. The summed E-state index contributed by atoms with van der Waals surface area (Å²) in [6.45, 7) is 2.69. The topological polar surface area (TPSA) is 62.3 Å². The molecule has 2 N–H and O–H groups in total. The Hall–Kier alpha value is -1.07. The van der Waals surface area contributed by atoms with E-state index in [0.717, 1.165) is 11.4 Å². The lowest BCUT2D eigenvalue weighted by Gasteiger charge is -2.24. The van der Waals surface area contributed by atoms with E-state index in [2.05, 4.69) is 5.10 Å². The Morgan fingerprint density at radius 3 is 2.82 bits per heavy atom. The van der Waals surface area contributed by atoms with E-state index < -0.39 is 0 Å². The number of rotatable bonds is 6. The molecule has 1 aromatic heterocycles. The summed E-state index contributed by atoms with van der Waals surface area (Å²) < 4.78 is 12.9. The Balaban J connectivity index is 2.21. The lowest BCUT2D eigenvalue weighted by molar-refractivity contribution is 0.0260. The molecular formula is C12H21N3O2. The van der Waals surface area contributed by atoms with E-state index in [9.17, 15) is 0 Å². The highest BCUT2D eigenvalue weighted by Gasteiger charge is 2.38. The lowest BCUT2D eigenvalue weighted by atomic mass is 10.0. The molecule has 5 heteroatoms. The number of methoxy groups -OCH3 is 1. The first-order valence-electron chi connectivity index (χ1n) is 6.12. The van der Waals surface area contributed by atoms with Crippen LogP contribution in [0.15, 0.2) is 6.20 Å². The molecule has 2 rings (SSSR count). The fourth-order valence-electron chi connectivity index (χ4n) is 2.27. The van der Waals surface area contributed by atoms with Gasteiger partial charge in [-0.05, 0) is 25.7 Å². The summed E-state index contributed by atoms with van der Waals surface area (Å²) in [4.78, 5) is 0. The number of ether oxygens (including phenoxy) is 2. The number of aromatic nitrogens is 2. The van der Waals surface area contributed by atoms with E-state index >= 15 is 0 Å². The van der Waals surface area contributed by atoms with E-state index in [1.165, 1.54) is 12.8 Å². The van der Waals surface area contributed by atoms with Crippen LogP contribution in [0, 0.1) is 5.92 Å². The number of hydrogen-bond acceptors (Lipinski definition) is 4. The Labute approximate surface area is 102 Å². The van der Waals surface area contributed by atoms with Gasteiger partial charge in [-0.3, -0.25) is 4.68 Å². The van der Waals surface area contributed by atoms with Gasteiger partial charge in [-0.25, -0.2) is 0 Å². The molecular weight excluding hydrogens is 218 g/mol. The molecule has 17 heavy (non-hydrogen) atoms. The van der Waals surface area contributed by atoms with Crippen molar-refractivity contribution in [2.45, 2.75) is 31.9 Å². The van der Waals surface area contributed by atoms with Crippen molar-refractivity contribution in [3.63, 3.8) is 0 Å². The molecule has 1 aliphatic rings. The second-order valence-electron chi connectivity index (χ2n) is 4.50. The van der Waals surface area contributed by atoms with Crippen LogP contribution in [-0.4, -0.2) is 29.6 Å². The number of nitrogens with two attached hydrogens (primary N) is 1. The van der Waals surface area contributed by atoms with E-state index in [1.807, 2.05) is 14.0 Å². The van der Waals surface area contributed by atoms with Gasteiger partial charge in [0.25, 0.3) is 0 Å². The van der Waals surface area contributed by atoms with Crippen LogP contribution in [0.3, 0.4) is 0 Å². The summed E-state index contributed by atoms with van der Waals surface area (Å²) in [7, 11) is 3.52. The van der Waals surface area contributed by atoms with Crippen LogP contribution in [0.2, 0.25) is 0 Å². The SMILES string of the molecule is CCOC(C1CC1)C(N)c1c(OC)cnn1C. The second-order valence-corrected chi connectivity index (χ2v) is 4.50. The van der Waals surface area contributed by atoms with E-state index in [1.54, 1.807) is 18.0 Å². The van der Waals surface area contributed by atoms with Crippen molar-refractivity contribution in [3.8, 4) is 5.75 Å². The third-order valence-corrected chi connectivity index (χ3v) is 3.28. The average molecular weight is 239 g/mol. The van der Waals surface area contributed by atoms with Gasteiger partial charge in [-0.15, -0.1) is 0 Å². The van der Waals surface area contributed by atoms with Gasteiger partial charge < -0.3 is 15.2 Å². The van der Waals surface area contributed by atoms with Gasteiger partial charge in [-0.1, -0.05) is 0 Å². The minimum Gasteiger partial charge on any atom is -0.493 e. The fraction of sp³-hybridized carbons (Fsp3) is 0.750. The standard InChI is InChI=1S/C12H21N3O2/c1-4-17-12(8-5-6-8)10(13)11-9(16-3)7-14-15(11)2/h7-8,10,12H,4-6,13H2,1-3H3. The molecule has 96 valence electrons. The highest BCUT2D eigenvalue weighted by Crippen LogP contribution is 2.40. The molecule has 1 heterocycles. The van der Waals surface area contributed by atoms with Crippen molar-refractivity contribution < 1.29 is 9.47 Å². The molecule has 1 saturated carbocycles. The zero-order chi connectivity index (χ0) is 12.4. The molecule has 0 bridgehead atoms. The van der Waals surface area contributed by atoms with E-state index in [-0.39, 0.29) is 12.1 Å². The van der Waals surface area contributed by atoms with Crippen molar-refractivity contribution in [2.24, 2.45) is 18.7 Å². The first-order valence-corrected chi connectivity index (χ1v) is 6.12. The Kier molecular flexibility index (Phi) is 3.69. The Morgan fingerprint density at radius 1 is 1.59 bits per heavy atom. The van der Waals surface area contributed by atoms with Gasteiger partial charge in [0.15, 0.2) is 5.75 Å². The molecule has 0 amide bonds. The minimum absolute atomic E-state index is 0.0734. The van der Waals surface area contributed by atoms with Crippen molar-refractivity contribution in [1.29, 1.82) is 0 Å². The summed E-state index contributed by atoms with van der Waals surface area (Å²) in [5.74, 6) is 1.33. The van der Waals surface area contributed by atoms with Gasteiger partial charge in [0.2, 0.25) is 0 Å². The smallest absolute Gasteiger partial charge is 0.161 e. The molecule has 2 atom stereocenters. The van der Waals surface area contributed by atoms with E-state index in [0.29, 0.717) is 12.5 Å². The highest BCUT2D eigenvalue weighted by molar-refractivity contribution is 5.29. The average Bonchev–Trinajstić information content (AvgIpc) is 3.08. The largest absolute Gasteiger partial charge is 0.493 e. The van der Waals surface area contributed by atoms with Crippen LogP contribution < -0.4 is 10.5 Å². The van der Waals surface area contributed by atoms with Gasteiger partial charge in [-0.2, -0.15) is 5.10 Å². The molecule has 0 spiro atoms. The van der Waals surface area contributed by atoms with Crippen molar-refractivity contribution in [2.75, 3.05) is 13.7 Å². The van der Waals surface area contributed by atoms with Gasteiger partial charge in [0.1, 0.15) is 0 Å². The quantitative estimate of drug-likeness (QED) is 0.811. The predicted molar refractivity (Wildman–Crippen MR) is 64.8 cm³/mol. The van der Waals surface area contributed by atoms with Crippen LogP contribution in [0.25, 0.3) is 0 Å². The van der Waals surface area contributed by atoms with Gasteiger partial charge >= 0.3 is 0 Å². The monoisotopic (exact) mass is 239 g/mol. The lowest BCUT2D eigenvalue weighted by Crippen LogP contribution is -2.32. The van der Waals surface area contributed by atoms with Crippen molar-refractivity contribution in [3.05, 3.63) is 11.9 Å². The summed E-state index contributed by atoms with van der Waals surface area (Å²) in [5, 5.41) is 4.19. The van der Waals surface area contributed by atoms with Crippen LogP contribution in [-0.2, 0) is 11.8 Å². The molecule has 1 aromatic rings. The Bertz CT molecular complexity index is 374. The third kappa shape index (κ3) is 2.45. The molecule has 0 aliphatic heterocycles. The van der Waals surface area contributed by atoms with Crippen molar-refractivity contribution >= 4 is 0 Å². The predicted octanol–water partition coefficient (Wildman–Crippen LogP) is 1.24. The number of nitrogens with zero attached hydrogens (tertiary/aromatic N) is 2. The van der Waals surface area contributed by atoms with Crippen LogP contribution in [0.1, 0.15) is 31.5 Å². The number of hydrogen-bond donors (Lipinski definition) is 1. The molecule has 5 nitrogen and oxygen atoms in total. The van der Waals surface area contributed by atoms with Gasteiger partial charge in [0, 0.05) is 13.7 Å². The number of aryl methyl sites for hydroxylation is 1. The molecule has 1 fully saturated rings. The van der Waals surface area contributed by atoms with Crippen LogP contribution >= 0.6 is 0 Å². The van der Waals surface area contributed by atoms with Crippen LogP contribution in [0.4, 0.5) is 0 Å². The minimum atomic E-state index is -0.176. The third-order valence-electron chi connectivity index (χ3n) is 3.28. The normalized spacial score (nSPS) is 19.1. The molecule has 0 radical (unpaired) electrons. The zero-order valence-electron chi connectivity index (χ0n) is 10.7. The fourth-order valence-corrected chi connectivity index (χ4v) is 2.27. The maximum atomic E-state index is 6.32. The molecule has 2 unspecified atom stereocenters. The summed E-state index contributed by atoms with van der Waals surface area (Å²) in [6.07, 6.45) is 4.19. The Morgan fingerprint density at radius 2 is 2.29 bits per heavy atom.